The van der Waals surface area contributed by atoms with E-state index in [0.717, 1.165) is 11.1 Å². The maximum absolute atomic E-state index is 13.0. The number of benzene rings is 2. The van der Waals surface area contributed by atoms with Crippen molar-refractivity contribution in [3.8, 4) is 11.8 Å². The van der Waals surface area contributed by atoms with Gasteiger partial charge in [-0.05, 0) is 60.7 Å². The summed E-state index contributed by atoms with van der Waals surface area (Å²) in [6, 6.07) is 14.3. The molecule has 1 unspecified atom stereocenters. The number of hydrogen-bond donors (Lipinski definition) is 3. The van der Waals surface area contributed by atoms with Crippen LogP contribution in [-0.2, 0) is 32.1 Å². The number of amides is 3. The van der Waals surface area contributed by atoms with Gasteiger partial charge in [0.2, 0.25) is 17.7 Å². The molecule has 0 spiro atoms. The maximum atomic E-state index is 13.0. The number of Topliss-reactive ketones (excluding diaryl/α,β-unsaturated/α-hetero) is 1. The van der Waals surface area contributed by atoms with Crippen molar-refractivity contribution in [3.05, 3.63) is 65.7 Å². The van der Waals surface area contributed by atoms with Crippen LogP contribution in [0.15, 0.2) is 54.6 Å². The zero-order valence-corrected chi connectivity index (χ0v) is 24.7. The maximum Gasteiger partial charge on any atom is 0.341 e. The van der Waals surface area contributed by atoms with Gasteiger partial charge >= 0.3 is 6.01 Å². The van der Waals surface area contributed by atoms with E-state index in [0.29, 0.717) is 18.6 Å². The van der Waals surface area contributed by atoms with E-state index >= 15 is 0 Å². The lowest BCUT2D eigenvalue weighted by Gasteiger charge is -2.25. The standard InChI is InChI=1S/C30H39N7O5/c1-6-24(25(38)18-37-30(34-35-36-37)42-23-15-12-20(4)13-16-23)32-28(40)21(5)31-29(41)27(19(2)3)33-26(39)17-14-22-10-8-7-9-11-22/h7-13,15-16,19,21,24,27H,6,14,17-18H2,1-5H3,(H,31,41)(H,32,40)(H,33,39)/t21-,24?,27-/m0/s1. The molecule has 0 bridgehead atoms. The minimum absolute atomic E-state index is 0.0413. The minimum atomic E-state index is -0.949. The van der Waals surface area contributed by atoms with Crippen molar-refractivity contribution in [2.45, 2.75) is 78.6 Å². The van der Waals surface area contributed by atoms with Crippen LogP contribution in [0.5, 0.6) is 11.8 Å². The van der Waals surface area contributed by atoms with E-state index < -0.39 is 29.9 Å². The van der Waals surface area contributed by atoms with Gasteiger partial charge in [0.25, 0.3) is 0 Å². The zero-order valence-electron chi connectivity index (χ0n) is 24.7. The smallest absolute Gasteiger partial charge is 0.341 e. The summed E-state index contributed by atoms with van der Waals surface area (Å²) in [6.45, 7) is 8.63. The lowest BCUT2D eigenvalue weighted by Crippen LogP contribution is -2.56. The normalized spacial score (nSPS) is 13.1. The van der Waals surface area contributed by atoms with Crippen molar-refractivity contribution in [1.29, 1.82) is 0 Å². The Morgan fingerprint density at radius 2 is 1.60 bits per heavy atom. The van der Waals surface area contributed by atoms with Gasteiger partial charge in [-0.25, -0.2) is 0 Å². The van der Waals surface area contributed by atoms with Crippen LogP contribution in [0.1, 0.15) is 51.7 Å². The number of nitrogens with one attached hydrogen (secondary N) is 3. The van der Waals surface area contributed by atoms with Crippen LogP contribution >= 0.6 is 0 Å². The number of nitrogens with zero attached hydrogens (tertiary/aromatic N) is 4. The van der Waals surface area contributed by atoms with E-state index in [-0.39, 0.29) is 36.6 Å². The molecule has 1 aromatic heterocycles. The fraction of sp³-hybridized carbons (Fsp3) is 0.433. The highest BCUT2D eigenvalue weighted by Crippen LogP contribution is 2.19. The van der Waals surface area contributed by atoms with Gasteiger partial charge in [0, 0.05) is 6.42 Å². The third-order valence-corrected chi connectivity index (χ3v) is 6.65. The molecule has 12 heteroatoms. The fourth-order valence-corrected chi connectivity index (χ4v) is 4.10. The Labute approximate surface area is 245 Å². The van der Waals surface area contributed by atoms with E-state index in [1.807, 2.05) is 63.2 Å². The highest BCUT2D eigenvalue weighted by atomic mass is 16.5. The molecule has 3 atom stereocenters. The largest absolute Gasteiger partial charge is 0.423 e. The van der Waals surface area contributed by atoms with Gasteiger partial charge in [0.1, 0.15) is 24.4 Å². The third kappa shape index (κ3) is 9.50. The summed E-state index contributed by atoms with van der Waals surface area (Å²) in [6.07, 6.45) is 1.10. The van der Waals surface area contributed by atoms with Crippen LogP contribution < -0.4 is 20.7 Å². The molecule has 2 aromatic carbocycles. The van der Waals surface area contributed by atoms with Gasteiger partial charge in [-0.15, -0.1) is 0 Å². The Morgan fingerprint density at radius 1 is 0.905 bits per heavy atom. The van der Waals surface area contributed by atoms with Gasteiger partial charge in [-0.1, -0.05) is 73.9 Å². The van der Waals surface area contributed by atoms with Crippen molar-refractivity contribution in [2.75, 3.05) is 0 Å². The molecule has 0 aliphatic carbocycles. The van der Waals surface area contributed by atoms with E-state index in [1.165, 1.54) is 11.6 Å². The summed E-state index contributed by atoms with van der Waals surface area (Å²) >= 11 is 0. The number of carbonyl (C=O) groups is 4. The third-order valence-electron chi connectivity index (χ3n) is 6.65. The Hall–Kier alpha value is -4.61. The van der Waals surface area contributed by atoms with Crippen LogP contribution in [0.3, 0.4) is 0 Å². The summed E-state index contributed by atoms with van der Waals surface area (Å²) in [7, 11) is 0. The Balaban J connectivity index is 1.52. The van der Waals surface area contributed by atoms with Crippen LogP contribution in [0.25, 0.3) is 0 Å². The van der Waals surface area contributed by atoms with Crippen LogP contribution in [0.2, 0.25) is 0 Å². The number of carbonyl (C=O) groups excluding carboxylic acids is 4. The molecule has 0 saturated carbocycles. The molecule has 3 rings (SSSR count). The second-order valence-electron chi connectivity index (χ2n) is 10.5. The van der Waals surface area contributed by atoms with Gasteiger partial charge in [-0.3, -0.25) is 19.2 Å². The van der Waals surface area contributed by atoms with E-state index in [1.54, 1.807) is 19.1 Å². The molecule has 3 amide bonds. The quantitative estimate of drug-likeness (QED) is 0.249. The van der Waals surface area contributed by atoms with E-state index in [9.17, 15) is 19.2 Å². The molecule has 0 aliphatic rings. The predicted octanol–water partition coefficient (Wildman–Crippen LogP) is 2.52. The zero-order chi connectivity index (χ0) is 30.6. The number of hydrogen-bond acceptors (Lipinski definition) is 8. The topological polar surface area (TPSA) is 157 Å². The molecule has 3 aromatic rings. The molecule has 3 N–H and O–H groups in total. The fourth-order valence-electron chi connectivity index (χ4n) is 4.10. The molecule has 1 heterocycles. The first-order chi connectivity index (χ1) is 20.1. The first-order valence-electron chi connectivity index (χ1n) is 14.0. The number of rotatable bonds is 15. The molecule has 42 heavy (non-hydrogen) atoms. The van der Waals surface area contributed by atoms with Gasteiger partial charge in [0.15, 0.2) is 5.78 Å². The van der Waals surface area contributed by atoms with Gasteiger partial charge < -0.3 is 20.7 Å². The summed E-state index contributed by atoms with van der Waals surface area (Å²) in [5, 5.41) is 19.4. The Bertz CT molecular complexity index is 1340. The van der Waals surface area contributed by atoms with Crippen molar-refractivity contribution in [1.82, 2.24) is 36.2 Å². The molecule has 0 radical (unpaired) electrons. The highest BCUT2D eigenvalue weighted by Gasteiger charge is 2.29. The van der Waals surface area contributed by atoms with Gasteiger partial charge in [0.05, 0.1) is 6.04 Å². The number of tetrazole rings is 1. The second-order valence-corrected chi connectivity index (χ2v) is 10.5. The number of ether oxygens (including phenoxy) is 1. The summed E-state index contributed by atoms with van der Waals surface area (Å²) in [4.78, 5) is 51.5. The van der Waals surface area contributed by atoms with Crippen molar-refractivity contribution in [3.63, 3.8) is 0 Å². The van der Waals surface area contributed by atoms with Crippen molar-refractivity contribution in [2.24, 2.45) is 5.92 Å². The van der Waals surface area contributed by atoms with E-state index in [4.69, 9.17) is 4.74 Å². The highest BCUT2D eigenvalue weighted by molar-refractivity contribution is 5.94. The Morgan fingerprint density at radius 3 is 2.24 bits per heavy atom. The molecule has 0 fully saturated rings. The van der Waals surface area contributed by atoms with Crippen molar-refractivity contribution >= 4 is 23.5 Å². The lowest BCUT2D eigenvalue weighted by molar-refractivity contribution is -0.133. The minimum Gasteiger partial charge on any atom is -0.423 e. The molecule has 224 valence electrons. The molecular formula is C30H39N7O5. The summed E-state index contributed by atoms with van der Waals surface area (Å²) in [5.74, 6) is -1.30. The second kappa shape index (κ2) is 15.4. The number of ketones is 1. The van der Waals surface area contributed by atoms with Gasteiger partial charge in [-0.2, -0.15) is 4.68 Å². The predicted molar refractivity (Wildman–Crippen MR) is 155 cm³/mol. The average Bonchev–Trinajstić information content (AvgIpc) is 3.40. The monoisotopic (exact) mass is 577 g/mol. The van der Waals surface area contributed by atoms with Crippen LogP contribution in [0, 0.1) is 12.8 Å². The van der Waals surface area contributed by atoms with Crippen LogP contribution in [-0.4, -0.2) is 61.8 Å². The summed E-state index contributed by atoms with van der Waals surface area (Å²) in [5.41, 5.74) is 2.09. The molecule has 12 nitrogen and oxygen atoms in total. The SMILES string of the molecule is CCC(NC(=O)[C@H](C)NC(=O)[C@@H](NC(=O)CCc1ccccc1)C(C)C)C(=O)Cn1nnnc1Oc1ccc(C)cc1. The molecular weight excluding hydrogens is 538 g/mol. The first kappa shape index (κ1) is 31.9. The lowest BCUT2D eigenvalue weighted by atomic mass is 10.0. The van der Waals surface area contributed by atoms with Crippen LogP contribution in [0.4, 0.5) is 0 Å². The molecule has 0 saturated heterocycles. The number of aryl methyl sites for hydroxylation is 2. The Kier molecular flexibility index (Phi) is 11.7. The summed E-state index contributed by atoms with van der Waals surface area (Å²) < 4.78 is 6.92. The average molecular weight is 578 g/mol. The number of aromatic nitrogens is 4. The van der Waals surface area contributed by atoms with Crippen molar-refractivity contribution < 1.29 is 23.9 Å². The first-order valence-corrected chi connectivity index (χ1v) is 14.0. The molecule has 0 aliphatic heterocycles. The van der Waals surface area contributed by atoms with E-state index in [2.05, 4.69) is 31.5 Å².